The molecule has 0 unspecified atom stereocenters. The molecule has 0 atom stereocenters. The Kier molecular flexibility index (Phi) is 6.32. The minimum atomic E-state index is -0.414. The Hall–Kier alpha value is -4.30. The van der Waals surface area contributed by atoms with Gasteiger partial charge in [-0.15, -0.1) is 34.0 Å². The van der Waals surface area contributed by atoms with E-state index in [1.807, 2.05) is 65.1 Å². The third kappa shape index (κ3) is 3.89. The van der Waals surface area contributed by atoms with E-state index in [1.165, 1.54) is 66.4 Å². The Morgan fingerprint density at radius 1 is 0.529 bits per heavy atom. The lowest BCUT2D eigenvalue weighted by atomic mass is 9.61. The number of allylic oxidation sites excluding steroid dienone is 4. The molecule has 51 heavy (non-hydrogen) atoms. The van der Waals surface area contributed by atoms with Gasteiger partial charge in [-0.1, -0.05) is 87.1 Å². The van der Waals surface area contributed by atoms with Crippen molar-refractivity contribution >= 4 is 89.8 Å². The van der Waals surface area contributed by atoms with Crippen LogP contribution in [-0.2, 0) is 20.4 Å². The first kappa shape index (κ1) is 30.3. The molecule has 2 fully saturated rings. The van der Waals surface area contributed by atoms with Gasteiger partial charge in [0.2, 0.25) is 23.1 Å². The lowest BCUT2D eigenvalue weighted by molar-refractivity contribution is -0.110. The van der Waals surface area contributed by atoms with E-state index in [0.717, 1.165) is 54.5 Å². The van der Waals surface area contributed by atoms with Gasteiger partial charge in [0, 0.05) is 58.0 Å². The maximum Gasteiger partial charge on any atom is 0.234 e. The fraction of sp³-hybridized carbons (Fsp3) is 0.273. The Morgan fingerprint density at radius 2 is 1.08 bits per heavy atom. The molecule has 2 aromatic carbocycles. The smallest absolute Gasteiger partial charge is 0.234 e. The number of carbonyl (C=O) groups is 4. The SMILES string of the molecule is O=C1C(=O)c2ccccc2/C1=C/C1=Cc2sc3c(c2C12CCCCC2)C1(CCCCC1)c1c-3sc2cc(/C=C3\C(=O)C(=O)c4ccccc43)sc12. The third-order valence-electron chi connectivity index (χ3n) is 12.6. The number of hydrogen-bond donors (Lipinski definition) is 0. The van der Waals surface area contributed by atoms with E-state index in [0.29, 0.717) is 22.3 Å². The predicted molar refractivity (Wildman–Crippen MR) is 207 cm³/mol. The van der Waals surface area contributed by atoms with E-state index in [-0.39, 0.29) is 16.6 Å². The van der Waals surface area contributed by atoms with Gasteiger partial charge in [-0.05, 0) is 77.8 Å². The summed E-state index contributed by atoms with van der Waals surface area (Å²) in [7, 11) is 0. The number of thiophene rings is 3. The molecule has 2 spiro atoms. The fourth-order valence-electron chi connectivity index (χ4n) is 10.4. The maximum absolute atomic E-state index is 13.4. The van der Waals surface area contributed by atoms with Gasteiger partial charge in [-0.3, -0.25) is 19.2 Å². The van der Waals surface area contributed by atoms with Crippen LogP contribution in [0.15, 0.2) is 66.2 Å². The number of benzene rings is 2. The molecule has 0 amide bonds. The molecule has 11 rings (SSSR count). The molecule has 4 nitrogen and oxygen atoms in total. The molecule has 6 aliphatic carbocycles. The topological polar surface area (TPSA) is 68.3 Å². The summed E-state index contributed by atoms with van der Waals surface area (Å²) in [5.74, 6) is -1.60. The van der Waals surface area contributed by atoms with E-state index < -0.39 is 17.3 Å². The zero-order valence-corrected chi connectivity index (χ0v) is 30.3. The van der Waals surface area contributed by atoms with Crippen molar-refractivity contribution in [2.45, 2.75) is 75.0 Å². The highest BCUT2D eigenvalue weighted by atomic mass is 32.1. The van der Waals surface area contributed by atoms with Gasteiger partial charge in [0.15, 0.2) is 0 Å². The van der Waals surface area contributed by atoms with E-state index >= 15 is 0 Å². The Morgan fingerprint density at radius 3 is 1.71 bits per heavy atom. The second-order valence-corrected chi connectivity index (χ2v) is 18.3. The molecule has 6 aliphatic rings. The van der Waals surface area contributed by atoms with Crippen LogP contribution in [0, 0.1) is 0 Å². The summed E-state index contributed by atoms with van der Waals surface area (Å²) in [6.07, 6.45) is 18.0. The van der Waals surface area contributed by atoms with Crippen molar-refractivity contribution in [1.82, 2.24) is 0 Å². The fourth-order valence-corrected chi connectivity index (χ4v) is 14.8. The van der Waals surface area contributed by atoms with E-state index in [2.05, 4.69) is 18.2 Å². The monoisotopic (exact) mass is 720 g/mol. The van der Waals surface area contributed by atoms with Gasteiger partial charge < -0.3 is 0 Å². The highest BCUT2D eigenvalue weighted by Gasteiger charge is 2.55. The molecule has 3 heterocycles. The summed E-state index contributed by atoms with van der Waals surface area (Å²) in [6, 6.07) is 17.0. The van der Waals surface area contributed by atoms with Gasteiger partial charge in [0.25, 0.3) is 0 Å². The van der Waals surface area contributed by atoms with Gasteiger partial charge in [-0.25, -0.2) is 0 Å². The number of rotatable bonds is 2. The first-order chi connectivity index (χ1) is 24.9. The molecular weight excluding hydrogens is 689 g/mol. The normalized spacial score (nSPS) is 22.4. The van der Waals surface area contributed by atoms with Crippen LogP contribution in [0.3, 0.4) is 0 Å². The van der Waals surface area contributed by atoms with Crippen molar-refractivity contribution in [3.8, 4) is 9.75 Å². The zero-order chi connectivity index (χ0) is 34.2. The van der Waals surface area contributed by atoms with Gasteiger partial charge in [-0.2, -0.15) is 0 Å². The first-order valence-corrected chi connectivity index (χ1v) is 20.6. The standard InChI is InChI=1S/C44H32O4S3/c45-36-27-13-5-3-11-25(27)29(38(36)47)19-23-20-31-33(43(23)15-7-1-8-16-43)34-41(50-31)42-35(44(34)17-9-2-10-18-44)40-32(51-42)22-24(49-40)21-30-26-12-4-6-14-28(26)37(46)39(30)48/h3-6,11-14,19-22H,1-2,7-10,15-18H2/b29-19-,30-21-. The van der Waals surface area contributed by atoms with Crippen molar-refractivity contribution < 1.29 is 19.2 Å². The van der Waals surface area contributed by atoms with Gasteiger partial charge in [0.05, 0.1) is 9.58 Å². The number of Topliss-reactive ketones (excluding diaryl/α,β-unsaturated/α-hetero) is 4. The van der Waals surface area contributed by atoms with Crippen molar-refractivity contribution in [3.63, 3.8) is 0 Å². The Bertz CT molecular complexity index is 2570. The largest absolute Gasteiger partial charge is 0.285 e. The molecule has 250 valence electrons. The van der Waals surface area contributed by atoms with Crippen molar-refractivity contribution in [3.05, 3.63) is 115 Å². The second-order valence-electron chi connectivity index (χ2n) is 15.1. The highest BCUT2D eigenvalue weighted by Crippen LogP contribution is 2.69. The van der Waals surface area contributed by atoms with E-state index in [1.54, 1.807) is 29.0 Å². The summed E-state index contributed by atoms with van der Waals surface area (Å²) in [4.78, 5) is 57.6. The molecule has 5 aromatic rings. The third-order valence-corrected chi connectivity index (χ3v) is 16.3. The summed E-state index contributed by atoms with van der Waals surface area (Å²) >= 11 is 5.62. The quantitative estimate of drug-likeness (QED) is 0.134. The summed E-state index contributed by atoms with van der Waals surface area (Å²) < 4.78 is 2.60. The molecule has 7 heteroatoms. The molecule has 2 saturated carbocycles. The second kappa shape index (κ2) is 10.6. The van der Waals surface area contributed by atoms with Crippen molar-refractivity contribution in [1.29, 1.82) is 0 Å². The Balaban J connectivity index is 1.08. The minimum Gasteiger partial charge on any atom is -0.285 e. The lowest BCUT2D eigenvalue weighted by Gasteiger charge is -2.42. The predicted octanol–water partition coefficient (Wildman–Crippen LogP) is 11.0. The minimum absolute atomic E-state index is 0.0567. The lowest BCUT2D eigenvalue weighted by Crippen LogP contribution is -2.35. The van der Waals surface area contributed by atoms with Crippen LogP contribution >= 0.6 is 34.0 Å². The van der Waals surface area contributed by atoms with Crippen LogP contribution in [0.4, 0.5) is 0 Å². The van der Waals surface area contributed by atoms with E-state index in [9.17, 15) is 19.2 Å². The average molecular weight is 721 g/mol. The maximum atomic E-state index is 13.4. The van der Waals surface area contributed by atoms with Crippen molar-refractivity contribution in [2.24, 2.45) is 0 Å². The van der Waals surface area contributed by atoms with Crippen LogP contribution in [-0.4, -0.2) is 23.1 Å². The van der Waals surface area contributed by atoms with Gasteiger partial charge >= 0.3 is 0 Å². The molecule has 0 N–H and O–H groups in total. The van der Waals surface area contributed by atoms with Crippen LogP contribution in [0.2, 0.25) is 0 Å². The average Bonchev–Trinajstić information content (AvgIpc) is 3.99. The Labute approximate surface area is 307 Å². The summed E-state index contributed by atoms with van der Waals surface area (Å²) in [6.45, 7) is 0. The number of ketones is 4. The summed E-state index contributed by atoms with van der Waals surface area (Å²) in [5, 5.41) is 0. The number of hydrogen-bond acceptors (Lipinski definition) is 7. The molecular formula is C44H32O4S3. The molecule has 0 saturated heterocycles. The van der Waals surface area contributed by atoms with E-state index in [4.69, 9.17) is 0 Å². The zero-order valence-electron chi connectivity index (χ0n) is 27.9. The number of carbonyl (C=O) groups excluding carboxylic acids is 4. The molecule has 3 aromatic heterocycles. The highest BCUT2D eigenvalue weighted by molar-refractivity contribution is 7.32. The van der Waals surface area contributed by atoms with Crippen LogP contribution in [0.25, 0.3) is 42.5 Å². The molecule has 0 aliphatic heterocycles. The number of fused-ring (bicyclic) bond motifs is 12. The molecule has 0 radical (unpaired) electrons. The van der Waals surface area contributed by atoms with Crippen molar-refractivity contribution in [2.75, 3.05) is 0 Å². The molecule has 0 bridgehead atoms. The van der Waals surface area contributed by atoms with Crippen LogP contribution < -0.4 is 0 Å². The van der Waals surface area contributed by atoms with Crippen LogP contribution in [0.1, 0.15) is 122 Å². The van der Waals surface area contributed by atoms with Crippen LogP contribution in [0.5, 0.6) is 0 Å². The van der Waals surface area contributed by atoms with Gasteiger partial charge in [0.1, 0.15) is 0 Å². The first-order valence-electron chi connectivity index (χ1n) is 18.2. The summed E-state index contributed by atoms with van der Waals surface area (Å²) in [5.41, 5.74) is 9.16.